The Morgan fingerprint density at radius 2 is 2.08 bits per heavy atom. The predicted molar refractivity (Wildman–Crippen MR) is 104 cm³/mol. The van der Waals surface area contributed by atoms with Gasteiger partial charge in [-0.2, -0.15) is 0 Å². The summed E-state index contributed by atoms with van der Waals surface area (Å²) in [4.78, 5) is 16.9. The number of benzene rings is 2. The molecule has 1 unspecified atom stereocenters. The summed E-state index contributed by atoms with van der Waals surface area (Å²) in [5, 5.41) is 0.355. The normalized spacial score (nSPS) is 20.3. The minimum Gasteiger partial charge on any atom is -0.341 e. The first-order valence-electron chi connectivity index (χ1n) is 8.77. The highest BCUT2D eigenvalue weighted by atomic mass is 35.5. The molecule has 1 aliphatic heterocycles. The molecule has 2 aromatic carbocycles. The molecule has 0 aliphatic carbocycles. The highest BCUT2D eigenvalue weighted by Gasteiger charge is 2.34. The fourth-order valence-corrected chi connectivity index (χ4v) is 3.97. The highest BCUT2D eigenvalue weighted by molar-refractivity contribution is 6.30. The Labute approximate surface area is 159 Å². The molecule has 0 aromatic heterocycles. The first-order chi connectivity index (χ1) is 12.3. The van der Waals surface area contributed by atoms with Crippen LogP contribution in [0.15, 0.2) is 42.5 Å². The number of carbonyl (C=O) groups is 1. The summed E-state index contributed by atoms with van der Waals surface area (Å²) in [5.74, 6) is -0.436. The molecule has 1 amide bonds. The number of rotatable bonds is 4. The summed E-state index contributed by atoms with van der Waals surface area (Å²) in [5.41, 5.74) is 1.79. The van der Waals surface area contributed by atoms with E-state index >= 15 is 0 Å². The van der Waals surface area contributed by atoms with Gasteiger partial charge in [0.25, 0.3) is 5.91 Å². The van der Waals surface area contributed by atoms with E-state index in [2.05, 4.69) is 18.9 Å². The van der Waals surface area contributed by atoms with Crippen LogP contribution in [0.5, 0.6) is 0 Å². The fourth-order valence-electron chi connectivity index (χ4n) is 3.81. The van der Waals surface area contributed by atoms with Crippen LogP contribution in [0.2, 0.25) is 5.02 Å². The van der Waals surface area contributed by atoms with E-state index in [0.717, 1.165) is 19.5 Å². The molecule has 0 N–H and O–H groups in total. The molecule has 0 radical (unpaired) electrons. The Balaban J connectivity index is 1.80. The molecule has 1 saturated heterocycles. The van der Waals surface area contributed by atoms with Crippen molar-refractivity contribution in [3.8, 4) is 11.1 Å². The van der Waals surface area contributed by atoms with Gasteiger partial charge in [-0.1, -0.05) is 30.7 Å². The van der Waals surface area contributed by atoms with Gasteiger partial charge in [0.15, 0.2) is 0 Å². The quantitative estimate of drug-likeness (QED) is 0.783. The third-order valence-electron chi connectivity index (χ3n) is 5.07. The molecular weight excluding hydrogens is 351 g/mol. The zero-order chi connectivity index (χ0) is 18.9. The minimum atomic E-state index is -0.392. The van der Waals surface area contributed by atoms with Crippen molar-refractivity contribution in [2.24, 2.45) is 5.41 Å². The Morgan fingerprint density at radius 3 is 2.73 bits per heavy atom. The molecule has 138 valence electrons. The summed E-state index contributed by atoms with van der Waals surface area (Å²) in [6.45, 7) is 4.97. The standard InChI is InChI=1S/C21H24ClFN2O/c1-21(9-10-24(2)13-21)14-25(3)20(26)16-6-4-5-15(11-16)18-8-7-17(22)12-19(18)23/h4-8,11-12H,9-10,13-14H2,1-3H3. The Morgan fingerprint density at radius 1 is 1.31 bits per heavy atom. The van der Waals surface area contributed by atoms with Crippen LogP contribution in [0.1, 0.15) is 23.7 Å². The SMILES string of the molecule is CN1CCC(C)(CN(C)C(=O)c2cccc(-c3ccc(Cl)cc3F)c2)C1. The van der Waals surface area contributed by atoms with Gasteiger partial charge in [-0.3, -0.25) is 4.79 Å². The van der Waals surface area contributed by atoms with Crippen molar-refractivity contribution in [3.05, 3.63) is 58.9 Å². The van der Waals surface area contributed by atoms with E-state index in [1.54, 1.807) is 41.3 Å². The molecule has 2 aromatic rings. The van der Waals surface area contributed by atoms with Crippen LogP contribution in [0.3, 0.4) is 0 Å². The summed E-state index contributed by atoms with van der Waals surface area (Å²) in [6.07, 6.45) is 1.08. The number of nitrogens with zero attached hydrogens (tertiary/aromatic N) is 2. The lowest BCUT2D eigenvalue weighted by molar-refractivity contribution is 0.0730. The maximum Gasteiger partial charge on any atom is 0.253 e. The third-order valence-corrected chi connectivity index (χ3v) is 5.30. The van der Waals surface area contributed by atoms with E-state index in [4.69, 9.17) is 11.6 Å². The summed E-state index contributed by atoms with van der Waals surface area (Å²) >= 11 is 5.83. The third kappa shape index (κ3) is 4.08. The van der Waals surface area contributed by atoms with Crippen LogP contribution in [-0.2, 0) is 0 Å². The van der Waals surface area contributed by atoms with Gasteiger partial charge >= 0.3 is 0 Å². The topological polar surface area (TPSA) is 23.6 Å². The van der Waals surface area contributed by atoms with Gasteiger partial charge in [-0.25, -0.2) is 4.39 Å². The van der Waals surface area contributed by atoms with Gasteiger partial charge < -0.3 is 9.80 Å². The van der Waals surface area contributed by atoms with Crippen LogP contribution in [0, 0.1) is 11.2 Å². The van der Waals surface area contributed by atoms with Gasteiger partial charge in [0.05, 0.1) is 0 Å². The van der Waals surface area contributed by atoms with E-state index in [0.29, 0.717) is 28.3 Å². The van der Waals surface area contributed by atoms with Crippen molar-refractivity contribution in [1.29, 1.82) is 0 Å². The number of hydrogen-bond acceptors (Lipinski definition) is 2. The molecule has 1 atom stereocenters. The van der Waals surface area contributed by atoms with Gasteiger partial charge in [0.1, 0.15) is 5.82 Å². The van der Waals surface area contributed by atoms with Crippen molar-refractivity contribution in [3.63, 3.8) is 0 Å². The summed E-state index contributed by atoms with van der Waals surface area (Å²) in [6, 6.07) is 11.7. The predicted octanol–water partition coefficient (Wildman–Crippen LogP) is 4.56. The monoisotopic (exact) mass is 374 g/mol. The van der Waals surface area contributed by atoms with Gasteiger partial charge in [0.2, 0.25) is 0 Å². The van der Waals surface area contributed by atoms with E-state index in [1.165, 1.54) is 6.07 Å². The lowest BCUT2D eigenvalue weighted by atomic mass is 9.89. The van der Waals surface area contributed by atoms with Crippen LogP contribution >= 0.6 is 11.6 Å². The minimum absolute atomic E-state index is 0.0444. The molecule has 0 saturated carbocycles. The average molecular weight is 375 g/mol. The van der Waals surface area contributed by atoms with E-state index in [9.17, 15) is 9.18 Å². The zero-order valence-corrected chi connectivity index (χ0v) is 16.2. The first kappa shape index (κ1) is 18.9. The van der Waals surface area contributed by atoms with Gasteiger partial charge in [-0.05, 0) is 61.3 Å². The number of amides is 1. The molecule has 3 rings (SSSR count). The lowest BCUT2D eigenvalue weighted by Crippen LogP contribution is -2.38. The van der Waals surface area contributed by atoms with Crippen molar-refractivity contribution in [2.75, 3.05) is 33.7 Å². The van der Waals surface area contributed by atoms with Crippen molar-refractivity contribution in [2.45, 2.75) is 13.3 Å². The number of hydrogen-bond donors (Lipinski definition) is 0. The molecule has 0 bridgehead atoms. The molecule has 1 heterocycles. The summed E-state index contributed by atoms with van der Waals surface area (Å²) in [7, 11) is 3.94. The fraction of sp³-hybridized carbons (Fsp3) is 0.381. The largest absolute Gasteiger partial charge is 0.341 e. The maximum atomic E-state index is 14.2. The van der Waals surface area contributed by atoms with E-state index < -0.39 is 5.82 Å². The van der Waals surface area contributed by atoms with Gasteiger partial charge in [-0.15, -0.1) is 0 Å². The first-order valence-corrected chi connectivity index (χ1v) is 9.15. The maximum absolute atomic E-state index is 14.2. The Kier molecular flexibility index (Phi) is 5.35. The molecule has 3 nitrogen and oxygen atoms in total. The van der Waals surface area contributed by atoms with Crippen LogP contribution in [-0.4, -0.2) is 49.4 Å². The lowest BCUT2D eigenvalue weighted by Gasteiger charge is -2.30. The molecule has 5 heteroatoms. The average Bonchev–Trinajstić information content (AvgIpc) is 2.92. The van der Waals surface area contributed by atoms with Crippen molar-refractivity contribution in [1.82, 2.24) is 9.80 Å². The second-order valence-corrected chi connectivity index (χ2v) is 8.10. The number of likely N-dealkylation sites (tertiary alicyclic amines) is 1. The van der Waals surface area contributed by atoms with E-state index in [-0.39, 0.29) is 11.3 Å². The molecule has 1 fully saturated rings. The summed E-state index contributed by atoms with van der Waals surface area (Å²) < 4.78 is 14.2. The molecule has 26 heavy (non-hydrogen) atoms. The van der Waals surface area contributed by atoms with E-state index in [1.807, 2.05) is 7.05 Å². The smallest absolute Gasteiger partial charge is 0.253 e. The number of carbonyl (C=O) groups excluding carboxylic acids is 1. The number of halogens is 2. The Bertz CT molecular complexity index is 825. The van der Waals surface area contributed by atoms with Crippen LogP contribution < -0.4 is 0 Å². The zero-order valence-electron chi connectivity index (χ0n) is 15.4. The molecule has 1 aliphatic rings. The second kappa shape index (κ2) is 7.37. The molecular formula is C21H24ClFN2O. The van der Waals surface area contributed by atoms with Crippen LogP contribution in [0.25, 0.3) is 11.1 Å². The van der Waals surface area contributed by atoms with Gasteiger partial charge in [0, 0.05) is 36.3 Å². The second-order valence-electron chi connectivity index (χ2n) is 7.66. The van der Waals surface area contributed by atoms with Crippen molar-refractivity contribution >= 4 is 17.5 Å². The Hall–Kier alpha value is -1.91. The highest BCUT2D eigenvalue weighted by Crippen LogP contribution is 2.30. The van der Waals surface area contributed by atoms with Crippen LogP contribution in [0.4, 0.5) is 4.39 Å². The molecule has 0 spiro atoms. The van der Waals surface area contributed by atoms with Crippen molar-refractivity contribution < 1.29 is 9.18 Å².